The summed E-state index contributed by atoms with van der Waals surface area (Å²) < 4.78 is 5.60. The highest BCUT2D eigenvalue weighted by atomic mass is 79.9. The Hall–Kier alpha value is -1.54. The fourth-order valence-electron chi connectivity index (χ4n) is 2.40. The first-order valence-corrected chi connectivity index (χ1v) is 7.31. The first-order chi connectivity index (χ1) is 9.24. The monoisotopic (exact) mass is 314 g/mol. The number of para-hydroxylation sites is 1. The number of benzene rings is 2. The van der Waals surface area contributed by atoms with Crippen LogP contribution in [0, 0.1) is 6.92 Å². The van der Waals surface area contributed by atoms with Crippen LogP contribution in [0.4, 0.5) is 0 Å². The van der Waals surface area contributed by atoms with E-state index in [1.165, 1.54) is 22.1 Å². The Morgan fingerprint density at radius 3 is 2.79 bits per heavy atom. The van der Waals surface area contributed by atoms with Gasteiger partial charge in [-0.1, -0.05) is 64.0 Å². The van der Waals surface area contributed by atoms with Crippen LogP contribution >= 0.6 is 15.9 Å². The van der Waals surface area contributed by atoms with Crippen LogP contribution in [0.5, 0.6) is 0 Å². The van der Waals surface area contributed by atoms with Gasteiger partial charge in [0.05, 0.1) is 6.26 Å². The molecule has 0 N–H and O–H groups in total. The van der Waals surface area contributed by atoms with Crippen molar-refractivity contribution in [1.82, 2.24) is 0 Å². The average molecular weight is 315 g/mol. The number of alkyl halides is 1. The number of rotatable bonds is 3. The third kappa shape index (κ3) is 2.59. The van der Waals surface area contributed by atoms with Crippen LogP contribution in [0.2, 0.25) is 0 Å². The zero-order valence-electron chi connectivity index (χ0n) is 10.8. The van der Waals surface area contributed by atoms with E-state index in [-0.39, 0.29) is 4.83 Å². The molecule has 0 saturated heterocycles. The molecule has 3 aromatic rings. The van der Waals surface area contributed by atoms with E-state index in [4.69, 9.17) is 4.42 Å². The van der Waals surface area contributed by atoms with Crippen LogP contribution in [-0.4, -0.2) is 0 Å². The second-order valence-corrected chi connectivity index (χ2v) is 5.95. The lowest BCUT2D eigenvalue weighted by Gasteiger charge is -2.09. The highest BCUT2D eigenvalue weighted by Crippen LogP contribution is 2.33. The van der Waals surface area contributed by atoms with Crippen molar-refractivity contribution < 1.29 is 4.42 Å². The molecule has 1 heterocycles. The molecule has 1 atom stereocenters. The fraction of sp³-hybridized carbons (Fsp3) is 0.176. The summed E-state index contributed by atoms with van der Waals surface area (Å²) in [6.45, 7) is 2.12. The van der Waals surface area contributed by atoms with Crippen molar-refractivity contribution in [1.29, 1.82) is 0 Å². The number of furan rings is 1. The van der Waals surface area contributed by atoms with Gasteiger partial charge in [-0.05, 0) is 25.0 Å². The summed E-state index contributed by atoms with van der Waals surface area (Å²) in [6.07, 6.45) is 2.82. The van der Waals surface area contributed by atoms with E-state index in [2.05, 4.69) is 53.2 Å². The molecule has 0 aliphatic heterocycles. The van der Waals surface area contributed by atoms with E-state index in [1.54, 1.807) is 0 Å². The molecule has 0 radical (unpaired) electrons. The lowest BCUT2D eigenvalue weighted by molar-refractivity contribution is 0.610. The molecular weight excluding hydrogens is 300 g/mol. The molecule has 1 aromatic heterocycles. The van der Waals surface area contributed by atoms with Crippen LogP contribution in [0.25, 0.3) is 11.0 Å². The predicted molar refractivity (Wildman–Crippen MR) is 82.8 cm³/mol. The Balaban J connectivity index is 1.90. The van der Waals surface area contributed by atoms with Gasteiger partial charge in [-0.25, -0.2) is 0 Å². The molecular formula is C17H15BrO. The van der Waals surface area contributed by atoms with Gasteiger partial charge in [0.15, 0.2) is 0 Å². The Kier molecular flexibility index (Phi) is 3.43. The van der Waals surface area contributed by atoms with Gasteiger partial charge in [0.1, 0.15) is 5.58 Å². The van der Waals surface area contributed by atoms with Gasteiger partial charge >= 0.3 is 0 Å². The maximum atomic E-state index is 5.60. The summed E-state index contributed by atoms with van der Waals surface area (Å²) in [5.74, 6) is 0. The van der Waals surface area contributed by atoms with Gasteiger partial charge in [-0.2, -0.15) is 0 Å². The van der Waals surface area contributed by atoms with Crippen molar-refractivity contribution in [2.45, 2.75) is 18.2 Å². The lowest BCUT2D eigenvalue weighted by Crippen LogP contribution is -1.94. The molecule has 0 amide bonds. The third-order valence-electron chi connectivity index (χ3n) is 3.35. The second-order valence-electron chi connectivity index (χ2n) is 4.85. The average Bonchev–Trinajstić information content (AvgIpc) is 2.82. The molecule has 0 bridgehead atoms. The molecule has 0 saturated carbocycles. The molecule has 0 aliphatic carbocycles. The summed E-state index contributed by atoms with van der Waals surface area (Å²) in [5, 5.41) is 1.19. The first kappa shape index (κ1) is 12.5. The maximum Gasteiger partial charge on any atom is 0.134 e. The van der Waals surface area contributed by atoms with Gasteiger partial charge in [0.25, 0.3) is 0 Å². The number of fused-ring (bicyclic) bond motifs is 1. The number of hydrogen-bond donors (Lipinski definition) is 0. The van der Waals surface area contributed by atoms with Crippen molar-refractivity contribution in [3.05, 3.63) is 71.5 Å². The van der Waals surface area contributed by atoms with E-state index >= 15 is 0 Å². The van der Waals surface area contributed by atoms with E-state index in [0.717, 1.165) is 12.0 Å². The van der Waals surface area contributed by atoms with Gasteiger partial charge in [-0.15, -0.1) is 0 Å². The summed E-state index contributed by atoms with van der Waals surface area (Å²) in [6, 6.07) is 16.8. The van der Waals surface area contributed by atoms with Crippen molar-refractivity contribution in [2.24, 2.45) is 0 Å². The summed E-state index contributed by atoms with van der Waals surface area (Å²) in [7, 11) is 0. The van der Waals surface area contributed by atoms with Crippen molar-refractivity contribution >= 4 is 26.9 Å². The van der Waals surface area contributed by atoms with Gasteiger partial charge in [-0.3, -0.25) is 0 Å². The summed E-state index contributed by atoms with van der Waals surface area (Å²) in [5.41, 5.74) is 4.81. The zero-order valence-corrected chi connectivity index (χ0v) is 12.4. The fourth-order valence-corrected chi connectivity index (χ4v) is 3.13. The molecule has 0 aliphatic rings. The van der Waals surface area contributed by atoms with Crippen LogP contribution in [0.1, 0.15) is 21.5 Å². The summed E-state index contributed by atoms with van der Waals surface area (Å²) >= 11 is 3.79. The lowest BCUT2D eigenvalue weighted by atomic mass is 10.0. The minimum atomic E-state index is 0.276. The van der Waals surface area contributed by atoms with Crippen LogP contribution < -0.4 is 0 Å². The zero-order chi connectivity index (χ0) is 13.2. The van der Waals surface area contributed by atoms with Crippen LogP contribution in [-0.2, 0) is 6.42 Å². The van der Waals surface area contributed by atoms with Crippen molar-refractivity contribution in [2.75, 3.05) is 0 Å². The smallest absolute Gasteiger partial charge is 0.134 e. The van der Waals surface area contributed by atoms with Crippen molar-refractivity contribution in [3.8, 4) is 0 Å². The SMILES string of the molecule is Cc1cccc(CC(Br)c2coc3ccccc23)c1. The molecule has 1 nitrogen and oxygen atoms in total. The van der Waals surface area contributed by atoms with E-state index < -0.39 is 0 Å². The van der Waals surface area contributed by atoms with Crippen LogP contribution in [0.3, 0.4) is 0 Å². The maximum absolute atomic E-state index is 5.60. The quantitative estimate of drug-likeness (QED) is 0.588. The Bertz CT molecular complexity index is 699. The molecule has 2 aromatic carbocycles. The number of aryl methyl sites for hydroxylation is 1. The summed E-state index contributed by atoms with van der Waals surface area (Å²) in [4.78, 5) is 0.276. The van der Waals surface area contributed by atoms with Gasteiger partial charge in [0.2, 0.25) is 0 Å². The van der Waals surface area contributed by atoms with Crippen LogP contribution in [0.15, 0.2) is 59.2 Å². The number of hydrogen-bond acceptors (Lipinski definition) is 1. The van der Waals surface area contributed by atoms with E-state index in [1.807, 2.05) is 24.5 Å². The highest BCUT2D eigenvalue weighted by molar-refractivity contribution is 9.09. The third-order valence-corrected chi connectivity index (χ3v) is 4.16. The van der Waals surface area contributed by atoms with E-state index in [9.17, 15) is 0 Å². The molecule has 1 unspecified atom stereocenters. The number of halogens is 1. The molecule has 0 fully saturated rings. The molecule has 96 valence electrons. The second kappa shape index (κ2) is 5.22. The molecule has 2 heteroatoms. The first-order valence-electron chi connectivity index (χ1n) is 6.40. The minimum absolute atomic E-state index is 0.276. The Morgan fingerprint density at radius 1 is 1.11 bits per heavy atom. The largest absolute Gasteiger partial charge is 0.464 e. The Morgan fingerprint density at radius 2 is 1.95 bits per heavy atom. The standard InChI is InChI=1S/C17H15BrO/c1-12-5-4-6-13(9-12)10-16(18)15-11-19-17-8-3-2-7-14(15)17/h2-9,11,16H,10H2,1H3. The molecule has 19 heavy (non-hydrogen) atoms. The molecule has 3 rings (SSSR count). The van der Waals surface area contributed by atoms with E-state index in [0.29, 0.717) is 0 Å². The predicted octanol–water partition coefficient (Wildman–Crippen LogP) is 5.42. The van der Waals surface area contributed by atoms with Crippen molar-refractivity contribution in [3.63, 3.8) is 0 Å². The minimum Gasteiger partial charge on any atom is -0.464 e. The molecule has 0 spiro atoms. The normalized spacial score (nSPS) is 12.7. The highest BCUT2D eigenvalue weighted by Gasteiger charge is 2.14. The topological polar surface area (TPSA) is 13.1 Å². The Labute approximate surface area is 121 Å². The van der Waals surface area contributed by atoms with Gasteiger partial charge < -0.3 is 4.42 Å². The van der Waals surface area contributed by atoms with Gasteiger partial charge in [0, 0.05) is 15.8 Å².